The molecule has 0 aromatic heterocycles. The van der Waals surface area contributed by atoms with Gasteiger partial charge >= 0.3 is 0 Å². The van der Waals surface area contributed by atoms with Crippen LogP contribution in [-0.4, -0.2) is 11.7 Å². The second-order valence-electron chi connectivity index (χ2n) is 4.39. The number of ether oxygens (including phenoxy) is 1. The van der Waals surface area contributed by atoms with Gasteiger partial charge in [-0.25, -0.2) is 0 Å². The molecule has 1 heteroatoms. The van der Waals surface area contributed by atoms with Gasteiger partial charge < -0.3 is 4.74 Å². The molecular formula is C10H18O. The van der Waals surface area contributed by atoms with E-state index in [-0.39, 0.29) is 0 Å². The Labute approximate surface area is 69.1 Å². The molecule has 2 rings (SSSR count). The van der Waals surface area contributed by atoms with Crippen molar-refractivity contribution in [2.45, 2.75) is 57.7 Å². The molecule has 0 radical (unpaired) electrons. The Kier molecular flexibility index (Phi) is 1.71. The number of hydrogen-bond donors (Lipinski definition) is 0. The van der Waals surface area contributed by atoms with Crippen molar-refractivity contribution in [1.82, 2.24) is 0 Å². The molecule has 2 atom stereocenters. The highest BCUT2D eigenvalue weighted by Gasteiger charge is 2.44. The van der Waals surface area contributed by atoms with Crippen molar-refractivity contribution in [3.8, 4) is 0 Å². The van der Waals surface area contributed by atoms with Crippen molar-refractivity contribution >= 4 is 0 Å². The highest BCUT2D eigenvalue weighted by Crippen LogP contribution is 2.45. The van der Waals surface area contributed by atoms with Crippen molar-refractivity contribution in [3.63, 3.8) is 0 Å². The van der Waals surface area contributed by atoms with Gasteiger partial charge in [0, 0.05) is 0 Å². The van der Waals surface area contributed by atoms with Gasteiger partial charge in [-0.2, -0.15) is 0 Å². The van der Waals surface area contributed by atoms with E-state index in [1.807, 2.05) is 0 Å². The summed E-state index contributed by atoms with van der Waals surface area (Å²) >= 11 is 0. The van der Waals surface area contributed by atoms with E-state index < -0.39 is 0 Å². The Hall–Kier alpha value is -0.0400. The van der Waals surface area contributed by atoms with Crippen LogP contribution < -0.4 is 0 Å². The predicted molar refractivity (Wildman–Crippen MR) is 45.5 cm³/mol. The zero-order valence-electron chi connectivity index (χ0n) is 7.60. The molecule has 0 amide bonds. The first-order chi connectivity index (χ1) is 5.23. The second-order valence-corrected chi connectivity index (χ2v) is 4.39. The summed E-state index contributed by atoms with van der Waals surface area (Å²) < 4.78 is 6.05. The maximum Gasteiger partial charge on any atom is 0.0710 e. The van der Waals surface area contributed by atoms with Crippen LogP contribution >= 0.6 is 0 Å². The zero-order valence-corrected chi connectivity index (χ0v) is 7.60. The van der Waals surface area contributed by atoms with E-state index in [4.69, 9.17) is 4.74 Å². The van der Waals surface area contributed by atoms with Gasteiger partial charge in [0.1, 0.15) is 0 Å². The molecule has 0 aromatic rings. The van der Waals surface area contributed by atoms with Gasteiger partial charge in [0.25, 0.3) is 0 Å². The monoisotopic (exact) mass is 154 g/mol. The summed E-state index contributed by atoms with van der Waals surface area (Å²) in [5.41, 5.74) is 0.295. The van der Waals surface area contributed by atoms with Gasteiger partial charge in [0.05, 0.1) is 11.7 Å². The Morgan fingerprint density at radius 2 is 2.09 bits per heavy atom. The first-order valence-electron chi connectivity index (χ1n) is 4.91. The van der Waals surface area contributed by atoms with Crippen LogP contribution in [0, 0.1) is 5.92 Å². The van der Waals surface area contributed by atoms with Crippen LogP contribution in [0.3, 0.4) is 0 Å². The van der Waals surface area contributed by atoms with E-state index in [0.717, 1.165) is 0 Å². The molecule has 1 nitrogen and oxygen atoms in total. The first-order valence-corrected chi connectivity index (χ1v) is 4.91. The quantitative estimate of drug-likeness (QED) is 0.564. The Morgan fingerprint density at radius 3 is 2.73 bits per heavy atom. The van der Waals surface area contributed by atoms with E-state index in [2.05, 4.69) is 13.8 Å². The second kappa shape index (κ2) is 2.48. The van der Waals surface area contributed by atoms with Gasteiger partial charge in [0.2, 0.25) is 0 Å². The molecule has 0 N–H and O–H groups in total. The van der Waals surface area contributed by atoms with Gasteiger partial charge in [-0.1, -0.05) is 13.8 Å². The van der Waals surface area contributed by atoms with Crippen LogP contribution in [0.15, 0.2) is 0 Å². The summed E-state index contributed by atoms with van der Waals surface area (Å²) in [6.07, 6.45) is 7.26. The smallest absolute Gasteiger partial charge is 0.0710 e. The van der Waals surface area contributed by atoms with E-state index in [1.54, 1.807) is 0 Å². The molecule has 0 spiro atoms. The van der Waals surface area contributed by atoms with Gasteiger partial charge in [0.15, 0.2) is 0 Å². The van der Waals surface area contributed by atoms with E-state index in [1.165, 1.54) is 32.1 Å². The molecule has 2 saturated heterocycles. The summed E-state index contributed by atoms with van der Waals surface area (Å²) in [6, 6.07) is 0. The lowest BCUT2D eigenvalue weighted by atomic mass is 9.84. The molecule has 0 aliphatic carbocycles. The minimum Gasteiger partial charge on any atom is -0.372 e. The van der Waals surface area contributed by atoms with Gasteiger partial charge in [-0.15, -0.1) is 0 Å². The third-order valence-electron chi connectivity index (χ3n) is 3.47. The number of rotatable bonds is 1. The molecule has 11 heavy (non-hydrogen) atoms. The fraction of sp³-hybridized carbons (Fsp3) is 1.00. The minimum absolute atomic E-state index is 0.295. The molecule has 2 heterocycles. The topological polar surface area (TPSA) is 9.23 Å². The molecule has 0 saturated carbocycles. The fourth-order valence-electron chi connectivity index (χ4n) is 2.58. The molecule has 64 valence electrons. The van der Waals surface area contributed by atoms with Crippen LogP contribution in [0.5, 0.6) is 0 Å². The lowest BCUT2D eigenvalue weighted by Gasteiger charge is -2.37. The van der Waals surface area contributed by atoms with Crippen LogP contribution in [0.4, 0.5) is 0 Å². The fourth-order valence-corrected chi connectivity index (χ4v) is 2.58. The Morgan fingerprint density at radius 1 is 1.27 bits per heavy atom. The van der Waals surface area contributed by atoms with E-state index in [0.29, 0.717) is 17.6 Å². The normalized spacial score (nSPS) is 43.4. The molecule has 0 aromatic carbocycles. The molecule has 2 unspecified atom stereocenters. The van der Waals surface area contributed by atoms with Crippen molar-refractivity contribution in [1.29, 1.82) is 0 Å². The van der Waals surface area contributed by atoms with E-state index in [9.17, 15) is 0 Å². The maximum atomic E-state index is 6.05. The molecule has 2 aliphatic rings. The predicted octanol–water partition coefficient (Wildman–Crippen LogP) is 2.74. The summed E-state index contributed by atoms with van der Waals surface area (Å²) in [4.78, 5) is 0. The van der Waals surface area contributed by atoms with Crippen molar-refractivity contribution in [2.24, 2.45) is 5.92 Å². The van der Waals surface area contributed by atoms with Gasteiger partial charge in [-0.3, -0.25) is 0 Å². The van der Waals surface area contributed by atoms with Crippen molar-refractivity contribution in [3.05, 3.63) is 0 Å². The standard InChI is InChI=1S/C10H18O/c1-8(2)10-6-3-4-9(11-10)5-7-10/h8-9H,3-7H2,1-2H3. The number of fused-ring (bicyclic) bond motifs is 2. The van der Waals surface area contributed by atoms with E-state index >= 15 is 0 Å². The Bertz CT molecular complexity index is 149. The Balaban J connectivity index is 2.13. The van der Waals surface area contributed by atoms with Crippen molar-refractivity contribution < 1.29 is 4.74 Å². The minimum atomic E-state index is 0.295. The van der Waals surface area contributed by atoms with Crippen LogP contribution in [0.2, 0.25) is 0 Å². The molecule has 2 bridgehead atoms. The molecular weight excluding hydrogens is 136 g/mol. The maximum absolute atomic E-state index is 6.05. The zero-order chi connectivity index (χ0) is 7.90. The first kappa shape index (κ1) is 7.60. The average molecular weight is 154 g/mol. The largest absolute Gasteiger partial charge is 0.372 e. The SMILES string of the molecule is CC(C)C12CCCC(CC1)O2. The summed E-state index contributed by atoms with van der Waals surface area (Å²) in [7, 11) is 0. The molecule has 2 fully saturated rings. The summed E-state index contributed by atoms with van der Waals surface area (Å²) in [6.45, 7) is 4.60. The third-order valence-corrected chi connectivity index (χ3v) is 3.47. The highest BCUT2D eigenvalue weighted by atomic mass is 16.5. The van der Waals surface area contributed by atoms with Crippen molar-refractivity contribution in [2.75, 3.05) is 0 Å². The van der Waals surface area contributed by atoms with Crippen LogP contribution in [0.25, 0.3) is 0 Å². The number of hydrogen-bond acceptors (Lipinski definition) is 1. The lowest BCUT2D eigenvalue weighted by molar-refractivity contribution is -0.103. The average Bonchev–Trinajstić information content (AvgIpc) is 2.29. The summed E-state index contributed by atoms with van der Waals surface area (Å²) in [5.74, 6) is 0.716. The molecule has 2 aliphatic heterocycles. The lowest BCUT2D eigenvalue weighted by Crippen LogP contribution is -2.37. The van der Waals surface area contributed by atoms with Crippen LogP contribution in [0.1, 0.15) is 46.0 Å². The van der Waals surface area contributed by atoms with Gasteiger partial charge in [-0.05, 0) is 38.0 Å². The van der Waals surface area contributed by atoms with Crippen LogP contribution in [-0.2, 0) is 4.74 Å². The summed E-state index contributed by atoms with van der Waals surface area (Å²) in [5, 5.41) is 0. The third kappa shape index (κ3) is 1.10. The highest BCUT2D eigenvalue weighted by molar-refractivity contribution is 4.94.